The second kappa shape index (κ2) is 5.63. The van der Waals surface area contributed by atoms with Crippen molar-refractivity contribution in [1.82, 2.24) is 10.2 Å². The molecular weight excluding hydrogens is 290 g/mol. The lowest BCUT2D eigenvalue weighted by Crippen LogP contribution is -2.42. The quantitative estimate of drug-likeness (QED) is 0.834. The summed E-state index contributed by atoms with van der Waals surface area (Å²) >= 11 is 7.15. The van der Waals surface area contributed by atoms with Crippen LogP contribution in [0.1, 0.15) is 12.0 Å². The monoisotopic (exact) mass is 306 g/mol. The van der Waals surface area contributed by atoms with E-state index < -0.39 is 0 Å². The number of thiocarbonyl (C=S) groups is 1. The average Bonchev–Trinajstić information content (AvgIpc) is 2.79. The van der Waals surface area contributed by atoms with Gasteiger partial charge in [0.1, 0.15) is 5.75 Å². The smallest absolute Gasteiger partial charge is 0.200 e. The molecule has 2 aliphatic heterocycles. The molecule has 1 radical (unpaired) electrons. The zero-order chi connectivity index (χ0) is 14.1. The second-order valence-electron chi connectivity index (χ2n) is 4.90. The van der Waals surface area contributed by atoms with E-state index in [1.54, 1.807) is 17.8 Å². The van der Waals surface area contributed by atoms with E-state index >= 15 is 0 Å². The molecule has 0 unspecified atom stereocenters. The third-order valence-corrected chi connectivity index (χ3v) is 5.10. The molecule has 1 aromatic rings. The Bertz CT molecular complexity index is 574. The lowest BCUT2D eigenvalue weighted by molar-refractivity contribution is 0.394. The predicted molar refractivity (Wildman–Crippen MR) is 84.6 cm³/mol. The highest BCUT2D eigenvalue weighted by Gasteiger charge is 2.31. The number of thioether (sulfide) groups is 1. The highest BCUT2D eigenvalue weighted by atomic mass is 32.2. The molecule has 0 saturated carbocycles. The minimum atomic E-state index is 0.283. The Balaban J connectivity index is 1.82. The average molecular weight is 306 g/mol. The molecule has 20 heavy (non-hydrogen) atoms. The minimum Gasteiger partial charge on any atom is -0.508 e. The number of nitrogens with zero attached hydrogens (tertiary/aromatic N) is 2. The number of hydrogen-bond donors (Lipinski definition) is 2. The maximum Gasteiger partial charge on any atom is 0.200 e. The van der Waals surface area contributed by atoms with Crippen LogP contribution in [0.25, 0.3) is 0 Å². The first-order chi connectivity index (χ1) is 9.69. The maximum atomic E-state index is 9.63. The maximum absolute atomic E-state index is 9.63. The van der Waals surface area contributed by atoms with Crippen molar-refractivity contribution >= 4 is 29.1 Å². The van der Waals surface area contributed by atoms with Gasteiger partial charge in [-0.3, -0.25) is 0 Å². The van der Waals surface area contributed by atoms with Crippen LogP contribution in [0.4, 0.5) is 0 Å². The van der Waals surface area contributed by atoms with Gasteiger partial charge in [0.25, 0.3) is 0 Å². The number of rotatable bonds is 3. The fourth-order valence-electron chi connectivity index (χ4n) is 2.63. The molecule has 0 aliphatic carbocycles. The molecule has 0 fully saturated rings. The molecule has 2 heterocycles. The van der Waals surface area contributed by atoms with Gasteiger partial charge >= 0.3 is 0 Å². The zero-order valence-corrected chi connectivity index (χ0v) is 12.6. The van der Waals surface area contributed by atoms with Crippen LogP contribution in [0.15, 0.2) is 35.0 Å². The summed E-state index contributed by atoms with van der Waals surface area (Å²) < 4.78 is 0. The zero-order valence-electron chi connectivity index (χ0n) is 11.0. The molecule has 0 amide bonds. The number of phenols is 1. The van der Waals surface area contributed by atoms with Crippen LogP contribution in [0.2, 0.25) is 0 Å². The number of phenolic OH excluding ortho intramolecular Hbond substituents is 1. The van der Waals surface area contributed by atoms with Crippen molar-refractivity contribution in [2.45, 2.75) is 23.8 Å². The molecule has 1 aromatic carbocycles. The molecule has 4 nitrogen and oxygen atoms in total. The summed E-state index contributed by atoms with van der Waals surface area (Å²) in [6, 6.07) is 5.85. The van der Waals surface area contributed by atoms with Crippen molar-refractivity contribution in [1.29, 1.82) is 0 Å². The van der Waals surface area contributed by atoms with E-state index in [4.69, 9.17) is 18.0 Å². The van der Waals surface area contributed by atoms with Crippen LogP contribution in [0, 0.1) is 0 Å². The van der Waals surface area contributed by atoms with Crippen LogP contribution >= 0.6 is 24.0 Å². The summed E-state index contributed by atoms with van der Waals surface area (Å²) in [7, 11) is 0. The first kappa shape index (κ1) is 13.7. The van der Waals surface area contributed by atoms with Crippen LogP contribution in [-0.2, 0) is 6.42 Å². The Kier molecular flexibility index (Phi) is 3.87. The standard InChI is InChI=1S/C14H16N3OS2/c15-4-3-10-7-16-14(19)17(10)11-5-9-6-12(18)1-2-13(9)20-8-11/h1-2,6-7,11,18H,3-5,8,15H2/t11-/m1/s1. The molecule has 1 atom stereocenters. The van der Waals surface area contributed by atoms with Gasteiger partial charge in [-0.15, -0.1) is 11.8 Å². The molecule has 0 spiro atoms. The first-order valence-corrected chi connectivity index (χ1v) is 7.96. The summed E-state index contributed by atoms with van der Waals surface area (Å²) in [5.41, 5.74) is 7.93. The fraction of sp³-hybridized carbons (Fsp3) is 0.357. The Morgan fingerprint density at radius 1 is 1.50 bits per heavy atom. The Hall–Kier alpha value is -1.24. The number of hydrogen-bond acceptors (Lipinski definition) is 4. The van der Waals surface area contributed by atoms with Crippen LogP contribution in [0.3, 0.4) is 0 Å². The van der Waals surface area contributed by atoms with Gasteiger partial charge in [-0.25, -0.2) is 5.32 Å². The van der Waals surface area contributed by atoms with E-state index in [1.807, 2.05) is 18.3 Å². The lowest BCUT2D eigenvalue weighted by atomic mass is 10.0. The molecule has 0 saturated heterocycles. The van der Waals surface area contributed by atoms with E-state index in [0.29, 0.717) is 17.4 Å². The van der Waals surface area contributed by atoms with E-state index in [2.05, 4.69) is 10.2 Å². The lowest BCUT2D eigenvalue weighted by Gasteiger charge is -2.34. The van der Waals surface area contributed by atoms with Gasteiger partial charge in [-0.05, 0) is 48.9 Å². The summed E-state index contributed by atoms with van der Waals surface area (Å²) in [4.78, 5) is 3.37. The predicted octanol–water partition coefficient (Wildman–Crippen LogP) is 1.80. The molecule has 3 rings (SSSR count). The van der Waals surface area contributed by atoms with Gasteiger partial charge < -0.3 is 15.7 Å². The fourth-order valence-corrected chi connectivity index (χ4v) is 4.08. The highest BCUT2D eigenvalue weighted by Crippen LogP contribution is 2.36. The SMILES string of the molecule is NCCC1=C[N]C(=S)N1[C@H]1CSc2ccc(O)cc2C1. The number of aromatic hydroxyl groups is 1. The summed E-state index contributed by atoms with van der Waals surface area (Å²) in [5.74, 6) is 1.28. The van der Waals surface area contributed by atoms with E-state index in [1.165, 1.54) is 10.5 Å². The van der Waals surface area contributed by atoms with E-state index in [9.17, 15) is 5.11 Å². The molecule has 0 bridgehead atoms. The summed E-state index contributed by atoms with van der Waals surface area (Å²) in [6.45, 7) is 0.595. The molecule has 0 aromatic heterocycles. The normalized spacial score (nSPS) is 21.4. The molecule has 6 heteroatoms. The number of fused-ring (bicyclic) bond motifs is 1. The molecule has 105 valence electrons. The molecule has 3 N–H and O–H groups in total. The number of nitrogens with two attached hydrogens (primary N) is 1. The highest BCUT2D eigenvalue weighted by molar-refractivity contribution is 7.99. The van der Waals surface area contributed by atoms with Gasteiger partial charge in [0.05, 0.1) is 0 Å². The topological polar surface area (TPSA) is 63.6 Å². The number of benzene rings is 1. The largest absolute Gasteiger partial charge is 0.508 e. The third kappa shape index (κ3) is 2.51. The molecule has 2 aliphatic rings. The van der Waals surface area contributed by atoms with Crippen molar-refractivity contribution in [3.05, 3.63) is 35.7 Å². The van der Waals surface area contributed by atoms with Crippen molar-refractivity contribution < 1.29 is 5.11 Å². The van der Waals surface area contributed by atoms with Gasteiger partial charge in [0.15, 0.2) is 5.11 Å². The van der Waals surface area contributed by atoms with Crippen LogP contribution in [0.5, 0.6) is 5.75 Å². The van der Waals surface area contributed by atoms with Gasteiger partial charge in [-0.2, -0.15) is 0 Å². The van der Waals surface area contributed by atoms with Crippen molar-refractivity contribution in [3.8, 4) is 5.75 Å². The summed E-state index contributed by atoms with van der Waals surface area (Å²) in [5, 5.41) is 14.5. The van der Waals surface area contributed by atoms with E-state index in [-0.39, 0.29) is 6.04 Å². The van der Waals surface area contributed by atoms with Crippen molar-refractivity contribution in [3.63, 3.8) is 0 Å². The van der Waals surface area contributed by atoms with Gasteiger partial charge in [0.2, 0.25) is 0 Å². The van der Waals surface area contributed by atoms with Crippen LogP contribution < -0.4 is 11.1 Å². The Labute approximate surface area is 128 Å². The second-order valence-corrected chi connectivity index (χ2v) is 6.33. The van der Waals surface area contributed by atoms with Gasteiger partial charge in [0, 0.05) is 35.0 Å². The first-order valence-electron chi connectivity index (χ1n) is 6.57. The van der Waals surface area contributed by atoms with Crippen molar-refractivity contribution in [2.75, 3.05) is 12.3 Å². The minimum absolute atomic E-state index is 0.283. The molecular formula is C14H16N3OS2. The van der Waals surface area contributed by atoms with E-state index in [0.717, 1.165) is 24.3 Å². The Morgan fingerprint density at radius 2 is 2.35 bits per heavy atom. The summed E-state index contributed by atoms with van der Waals surface area (Å²) in [6.07, 6.45) is 3.49. The third-order valence-electron chi connectivity index (χ3n) is 3.54. The Morgan fingerprint density at radius 3 is 3.15 bits per heavy atom. The van der Waals surface area contributed by atoms with Crippen molar-refractivity contribution in [2.24, 2.45) is 5.73 Å². The van der Waals surface area contributed by atoms with Gasteiger partial charge in [-0.1, -0.05) is 0 Å². The van der Waals surface area contributed by atoms with Crippen LogP contribution in [-0.4, -0.2) is 33.5 Å².